The lowest BCUT2D eigenvalue weighted by Gasteiger charge is -2.22. The Hall–Kier alpha value is -1.90. The van der Waals surface area contributed by atoms with Crippen molar-refractivity contribution in [3.05, 3.63) is 41.5 Å². The van der Waals surface area contributed by atoms with Gasteiger partial charge in [-0.2, -0.15) is 0 Å². The first-order valence-corrected chi connectivity index (χ1v) is 7.12. The highest BCUT2D eigenvalue weighted by molar-refractivity contribution is 6.22. The summed E-state index contributed by atoms with van der Waals surface area (Å²) in [6.07, 6.45) is 4.77. The van der Waals surface area contributed by atoms with E-state index in [2.05, 4.69) is 6.08 Å². The normalized spacial score (nSPS) is 28.9. The summed E-state index contributed by atoms with van der Waals surface area (Å²) in [6.45, 7) is 5.98. The highest BCUT2D eigenvalue weighted by Gasteiger charge is 2.50. The summed E-state index contributed by atoms with van der Waals surface area (Å²) in [5, 5.41) is 0. The Balaban J connectivity index is 2.03. The van der Waals surface area contributed by atoms with Gasteiger partial charge in [-0.1, -0.05) is 36.8 Å². The van der Waals surface area contributed by atoms with Crippen molar-refractivity contribution in [1.82, 2.24) is 0 Å². The van der Waals surface area contributed by atoms with Gasteiger partial charge in [-0.05, 0) is 37.8 Å². The minimum absolute atomic E-state index is 0.0381. The van der Waals surface area contributed by atoms with E-state index in [1.165, 1.54) is 4.90 Å². The van der Waals surface area contributed by atoms with Crippen LogP contribution in [0.1, 0.15) is 24.5 Å². The minimum Gasteiger partial charge on any atom is -0.274 e. The van der Waals surface area contributed by atoms with Gasteiger partial charge in [-0.3, -0.25) is 9.59 Å². The number of nitrogens with zero attached hydrogens (tertiary/aromatic N) is 1. The molecule has 1 aliphatic heterocycles. The first-order chi connectivity index (χ1) is 9.50. The number of anilines is 1. The molecule has 2 amide bonds. The lowest BCUT2D eigenvalue weighted by molar-refractivity contribution is -0.122. The molecule has 1 aliphatic carbocycles. The van der Waals surface area contributed by atoms with Crippen LogP contribution in [0.5, 0.6) is 0 Å². The molecule has 3 atom stereocenters. The molecule has 1 aromatic rings. The van der Waals surface area contributed by atoms with Gasteiger partial charge in [0.1, 0.15) is 0 Å². The quantitative estimate of drug-likeness (QED) is 0.580. The van der Waals surface area contributed by atoms with Crippen molar-refractivity contribution in [2.75, 3.05) is 4.90 Å². The van der Waals surface area contributed by atoms with Crippen molar-refractivity contribution >= 4 is 17.5 Å². The summed E-state index contributed by atoms with van der Waals surface area (Å²) >= 11 is 0. The highest BCUT2D eigenvalue weighted by atomic mass is 16.2. The van der Waals surface area contributed by atoms with Crippen molar-refractivity contribution in [2.45, 2.75) is 27.2 Å². The molecule has 0 spiro atoms. The Morgan fingerprint density at radius 3 is 2.55 bits per heavy atom. The van der Waals surface area contributed by atoms with Gasteiger partial charge in [0.25, 0.3) is 0 Å². The van der Waals surface area contributed by atoms with E-state index in [0.29, 0.717) is 6.42 Å². The van der Waals surface area contributed by atoms with Crippen LogP contribution in [0.2, 0.25) is 0 Å². The summed E-state index contributed by atoms with van der Waals surface area (Å²) in [6, 6.07) is 5.85. The van der Waals surface area contributed by atoms with Gasteiger partial charge in [0.15, 0.2) is 0 Å². The number of amides is 2. The number of fused-ring (bicyclic) bond motifs is 1. The molecular formula is C17H19NO2. The van der Waals surface area contributed by atoms with Crippen molar-refractivity contribution in [2.24, 2.45) is 17.8 Å². The molecule has 0 aromatic heterocycles. The number of carbonyl (C=O) groups excluding carboxylic acids is 2. The van der Waals surface area contributed by atoms with Gasteiger partial charge in [0, 0.05) is 0 Å². The van der Waals surface area contributed by atoms with Gasteiger partial charge in [0.05, 0.1) is 17.5 Å². The fraction of sp³-hybridized carbons (Fsp3) is 0.412. The average molecular weight is 269 g/mol. The van der Waals surface area contributed by atoms with Crippen LogP contribution in [0.4, 0.5) is 5.69 Å². The maximum absolute atomic E-state index is 12.7. The molecule has 0 saturated carbocycles. The lowest BCUT2D eigenvalue weighted by atomic mass is 9.78. The first kappa shape index (κ1) is 13.1. The fourth-order valence-electron chi connectivity index (χ4n) is 3.44. The number of aryl methyl sites for hydroxylation is 2. The van der Waals surface area contributed by atoms with Crippen molar-refractivity contribution in [3.63, 3.8) is 0 Å². The maximum atomic E-state index is 12.7. The predicted molar refractivity (Wildman–Crippen MR) is 78.3 cm³/mol. The number of rotatable bonds is 1. The third-order valence-electron chi connectivity index (χ3n) is 4.47. The van der Waals surface area contributed by atoms with E-state index >= 15 is 0 Å². The zero-order chi connectivity index (χ0) is 14.4. The zero-order valence-electron chi connectivity index (χ0n) is 12.1. The second-order valence-corrected chi connectivity index (χ2v) is 5.96. The summed E-state index contributed by atoms with van der Waals surface area (Å²) in [5.41, 5.74) is 2.86. The van der Waals surface area contributed by atoms with Crippen LogP contribution in [-0.2, 0) is 9.59 Å². The lowest BCUT2D eigenvalue weighted by Crippen LogP contribution is -2.32. The standard InChI is InChI=1S/C17H19NO2/c1-10-7-8-14(12(3)9-10)18-16(19)13-6-4-5-11(2)15(13)17(18)20/h4-5,7-9,11,13,15H,6H2,1-3H3/t11-,13+,15+/m1/s1. The summed E-state index contributed by atoms with van der Waals surface area (Å²) in [4.78, 5) is 26.7. The smallest absolute Gasteiger partial charge is 0.238 e. The van der Waals surface area contributed by atoms with Gasteiger partial charge in [0.2, 0.25) is 11.8 Å². The Labute approximate surface area is 119 Å². The molecule has 2 aliphatic rings. The molecule has 0 bridgehead atoms. The summed E-state index contributed by atoms with van der Waals surface area (Å²) in [7, 11) is 0. The van der Waals surface area contributed by atoms with E-state index in [4.69, 9.17) is 0 Å². The molecule has 3 nitrogen and oxygen atoms in total. The van der Waals surface area contributed by atoms with Gasteiger partial charge < -0.3 is 0 Å². The number of benzene rings is 1. The van der Waals surface area contributed by atoms with Crippen LogP contribution in [0.15, 0.2) is 30.4 Å². The van der Waals surface area contributed by atoms with Crippen LogP contribution < -0.4 is 4.90 Å². The van der Waals surface area contributed by atoms with Crippen LogP contribution >= 0.6 is 0 Å². The van der Waals surface area contributed by atoms with Gasteiger partial charge in [-0.15, -0.1) is 0 Å². The van der Waals surface area contributed by atoms with E-state index in [9.17, 15) is 9.59 Å². The molecule has 1 heterocycles. The summed E-state index contributed by atoms with van der Waals surface area (Å²) in [5.74, 6) is -0.302. The average Bonchev–Trinajstić information content (AvgIpc) is 2.64. The molecule has 3 heteroatoms. The van der Waals surface area contributed by atoms with E-state index < -0.39 is 0 Å². The SMILES string of the molecule is Cc1ccc(N2C(=O)[C@H]3[C@H](C)C=CC[C@@H]3C2=O)c(C)c1. The molecule has 0 radical (unpaired) electrons. The third-order valence-corrected chi connectivity index (χ3v) is 4.47. The van der Waals surface area contributed by atoms with Crippen LogP contribution in [0.25, 0.3) is 0 Å². The van der Waals surface area contributed by atoms with E-state index in [0.717, 1.165) is 16.8 Å². The number of imide groups is 1. The van der Waals surface area contributed by atoms with Crippen molar-refractivity contribution in [3.8, 4) is 0 Å². The Kier molecular flexibility index (Phi) is 3.00. The second-order valence-electron chi connectivity index (χ2n) is 5.96. The molecule has 1 aromatic carbocycles. The summed E-state index contributed by atoms with van der Waals surface area (Å²) < 4.78 is 0. The molecule has 1 fully saturated rings. The van der Waals surface area contributed by atoms with E-state index in [-0.39, 0.29) is 29.6 Å². The van der Waals surface area contributed by atoms with Crippen molar-refractivity contribution in [1.29, 1.82) is 0 Å². The number of carbonyl (C=O) groups is 2. The molecule has 20 heavy (non-hydrogen) atoms. The monoisotopic (exact) mass is 269 g/mol. The zero-order valence-corrected chi connectivity index (χ0v) is 12.1. The molecule has 0 unspecified atom stereocenters. The van der Waals surface area contributed by atoms with Crippen molar-refractivity contribution < 1.29 is 9.59 Å². The largest absolute Gasteiger partial charge is 0.274 e. The predicted octanol–water partition coefficient (Wildman–Crippen LogP) is 3.01. The second kappa shape index (κ2) is 4.58. The Morgan fingerprint density at radius 1 is 1.15 bits per heavy atom. The van der Waals surface area contributed by atoms with E-state index in [1.807, 2.05) is 45.0 Å². The van der Waals surface area contributed by atoms with Gasteiger partial charge >= 0.3 is 0 Å². The number of hydrogen-bond acceptors (Lipinski definition) is 2. The molecule has 0 N–H and O–H groups in total. The Morgan fingerprint density at radius 2 is 1.90 bits per heavy atom. The van der Waals surface area contributed by atoms with Gasteiger partial charge in [-0.25, -0.2) is 4.90 Å². The van der Waals surface area contributed by atoms with Crippen LogP contribution in [0.3, 0.4) is 0 Å². The minimum atomic E-state index is -0.187. The topological polar surface area (TPSA) is 37.4 Å². The molecule has 104 valence electrons. The molecule has 1 saturated heterocycles. The third kappa shape index (κ3) is 1.80. The van der Waals surface area contributed by atoms with E-state index in [1.54, 1.807) is 0 Å². The van der Waals surface area contributed by atoms with Crippen LogP contribution in [-0.4, -0.2) is 11.8 Å². The highest BCUT2D eigenvalue weighted by Crippen LogP contribution is 2.41. The van der Waals surface area contributed by atoms with Crippen LogP contribution in [0, 0.1) is 31.6 Å². The maximum Gasteiger partial charge on any atom is 0.238 e. The molecule has 3 rings (SSSR count). The molecular weight excluding hydrogens is 250 g/mol. The number of allylic oxidation sites excluding steroid dienone is 2. The Bertz CT molecular complexity index is 617. The fourth-order valence-corrected chi connectivity index (χ4v) is 3.44. The first-order valence-electron chi connectivity index (χ1n) is 7.12. The number of hydrogen-bond donors (Lipinski definition) is 0.